The van der Waals surface area contributed by atoms with E-state index in [9.17, 15) is 0 Å². The van der Waals surface area contributed by atoms with Crippen molar-refractivity contribution in [3.63, 3.8) is 0 Å². The summed E-state index contributed by atoms with van der Waals surface area (Å²) in [5, 5.41) is 0. The number of hydrogen-bond donors (Lipinski definition) is 0. The van der Waals surface area contributed by atoms with Crippen LogP contribution < -0.4 is 4.42 Å². The van der Waals surface area contributed by atoms with Gasteiger partial charge in [-0.15, -0.1) is 0 Å². The molecular formula is C10H14ClN. The lowest BCUT2D eigenvalue weighted by Gasteiger charge is -2.14. The third-order valence-electron chi connectivity index (χ3n) is 1.74. The number of nitrogens with zero attached hydrogens (tertiary/aromatic N) is 1. The molecule has 1 aromatic rings. The zero-order chi connectivity index (χ0) is 8.81. The van der Waals surface area contributed by atoms with Gasteiger partial charge in [-0.1, -0.05) is 31.5 Å². The average molecular weight is 184 g/mol. The van der Waals surface area contributed by atoms with Gasteiger partial charge in [0.05, 0.1) is 5.69 Å². The maximum atomic E-state index is 6.02. The van der Waals surface area contributed by atoms with Crippen LogP contribution in [0.3, 0.4) is 0 Å². The van der Waals surface area contributed by atoms with Gasteiger partial charge in [-0.2, -0.15) is 0 Å². The molecule has 0 bridgehead atoms. The first kappa shape index (κ1) is 9.40. The normalized spacial score (nSPS) is 9.83. The van der Waals surface area contributed by atoms with Gasteiger partial charge >= 0.3 is 0 Å². The van der Waals surface area contributed by atoms with E-state index in [1.54, 1.807) is 4.42 Å². The summed E-state index contributed by atoms with van der Waals surface area (Å²) in [5.74, 6) is 0. The van der Waals surface area contributed by atoms with Gasteiger partial charge in [0, 0.05) is 18.3 Å². The van der Waals surface area contributed by atoms with Gasteiger partial charge < -0.3 is 0 Å². The quantitative estimate of drug-likeness (QED) is 0.647. The predicted octanol–water partition coefficient (Wildman–Crippen LogP) is 3.45. The molecule has 0 fully saturated rings. The molecule has 0 spiro atoms. The molecule has 2 heteroatoms. The lowest BCUT2D eigenvalue weighted by molar-refractivity contribution is 0.805. The van der Waals surface area contributed by atoms with E-state index in [0.29, 0.717) is 0 Å². The van der Waals surface area contributed by atoms with Gasteiger partial charge in [-0.3, -0.25) is 4.42 Å². The highest BCUT2D eigenvalue weighted by Crippen LogP contribution is 2.15. The summed E-state index contributed by atoms with van der Waals surface area (Å²) in [6.45, 7) is 3.08. The average Bonchev–Trinajstić information content (AvgIpc) is 2.15. The van der Waals surface area contributed by atoms with Crippen LogP contribution in [0.5, 0.6) is 0 Å². The van der Waals surface area contributed by atoms with E-state index in [1.165, 1.54) is 6.42 Å². The van der Waals surface area contributed by atoms with Crippen LogP contribution in [0.25, 0.3) is 0 Å². The molecule has 0 aliphatic rings. The minimum atomic E-state index is 0.919. The Kier molecular flexibility index (Phi) is 3.95. The Morgan fingerprint density at radius 2 is 1.92 bits per heavy atom. The third-order valence-corrected chi connectivity index (χ3v) is 2.11. The molecule has 0 aromatic heterocycles. The summed E-state index contributed by atoms with van der Waals surface area (Å²) in [6.07, 6.45) is 2.31. The summed E-state index contributed by atoms with van der Waals surface area (Å²) < 4.78 is 1.77. The minimum absolute atomic E-state index is 0.919. The van der Waals surface area contributed by atoms with Gasteiger partial charge in [0.25, 0.3) is 0 Å². The van der Waals surface area contributed by atoms with Crippen LogP contribution in [0.1, 0.15) is 19.8 Å². The fourth-order valence-electron chi connectivity index (χ4n) is 1.02. The Labute approximate surface area is 79.1 Å². The first-order chi connectivity index (χ1) is 5.84. The maximum absolute atomic E-state index is 6.02. The topological polar surface area (TPSA) is 3.24 Å². The van der Waals surface area contributed by atoms with Crippen LogP contribution in [0.2, 0.25) is 0 Å². The predicted molar refractivity (Wildman–Crippen MR) is 54.5 cm³/mol. The van der Waals surface area contributed by atoms with Crippen molar-refractivity contribution in [3.8, 4) is 0 Å². The number of unbranched alkanes of at least 4 members (excludes halogenated alkanes) is 1. The van der Waals surface area contributed by atoms with Crippen LogP contribution in [-0.2, 0) is 0 Å². The molecule has 0 saturated heterocycles. The van der Waals surface area contributed by atoms with Crippen molar-refractivity contribution in [1.29, 1.82) is 0 Å². The summed E-state index contributed by atoms with van der Waals surface area (Å²) in [5.41, 5.74) is 1.08. The zero-order valence-corrected chi connectivity index (χ0v) is 8.09. The van der Waals surface area contributed by atoms with Gasteiger partial charge in [0.15, 0.2) is 0 Å². The number of rotatable bonds is 4. The van der Waals surface area contributed by atoms with Crippen LogP contribution in [-0.4, -0.2) is 6.54 Å². The molecule has 12 heavy (non-hydrogen) atoms. The van der Waals surface area contributed by atoms with Crippen LogP contribution >= 0.6 is 11.8 Å². The van der Waals surface area contributed by atoms with Gasteiger partial charge in [-0.25, -0.2) is 0 Å². The molecule has 0 saturated carbocycles. The van der Waals surface area contributed by atoms with Crippen molar-refractivity contribution in [2.24, 2.45) is 0 Å². The molecule has 1 rings (SSSR count). The fraction of sp³-hybridized carbons (Fsp3) is 0.400. The third kappa shape index (κ3) is 2.74. The van der Waals surface area contributed by atoms with Gasteiger partial charge in [0.2, 0.25) is 0 Å². The summed E-state index contributed by atoms with van der Waals surface area (Å²) >= 11 is 6.02. The van der Waals surface area contributed by atoms with Crippen molar-refractivity contribution in [2.75, 3.05) is 11.0 Å². The highest BCUT2D eigenvalue weighted by molar-refractivity contribution is 6.25. The molecule has 0 aliphatic heterocycles. The Bertz CT molecular complexity index is 210. The molecule has 1 aromatic carbocycles. The molecule has 0 heterocycles. The zero-order valence-electron chi connectivity index (χ0n) is 7.33. The second-order valence-electron chi connectivity index (χ2n) is 2.77. The van der Waals surface area contributed by atoms with Crippen molar-refractivity contribution in [3.05, 3.63) is 30.3 Å². The van der Waals surface area contributed by atoms with Crippen molar-refractivity contribution >= 4 is 17.5 Å². The minimum Gasteiger partial charge on any atom is -0.285 e. The number of para-hydroxylation sites is 1. The highest BCUT2D eigenvalue weighted by atomic mass is 35.5. The van der Waals surface area contributed by atoms with E-state index in [1.807, 2.05) is 30.3 Å². The van der Waals surface area contributed by atoms with E-state index in [0.717, 1.165) is 18.7 Å². The van der Waals surface area contributed by atoms with Crippen molar-refractivity contribution in [2.45, 2.75) is 19.8 Å². The molecule has 0 atom stereocenters. The van der Waals surface area contributed by atoms with E-state index in [-0.39, 0.29) is 0 Å². The van der Waals surface area contributed by atoms with E-state index in [4.69, 9.17) is 11.8 Å². The monoisotopic (exact) mass is 183 g/mol. The molecular weight excluding hydrogens is 170 g/mol. The van der Waals surface area contributed by atoms with E-state index >= 15 is 0 Å². The Balaban J connectivity index is 2.48. The maximum Gasteiger partial charge on any atom is 0.0523 e. The van der Waals surface area contributed by atoms with Crippen LogP contribution in [0, 0.1) is 0 Å². The molecule has 0 unspecified atom stereocenters. The molecule has 66 valence electrons. The largest absolute Gasteiger partial charge is 0.285 e. The Morgan fingerprint density at radius 3 is 2.50 bits per heavy atom. The smallest absolute Gasteiger partial charge is 0.0523 e. The lowest BCUT2D eigenvalue weighted by atomic mass is 10.3. The van der Waals surface area contributed by atoms with Crippen molar-refractivity contribution < 1.29 is 0 Å². The second-order valence-corrected chi connectivity index (χ2v) is 3.18. The standard InChI is InChI=1S/C10H14ClN/c1-2-3-9-12(11)10-7-5-4-6-8-10/h4-8H,2-3,9H2,1H3. The van der Waals surface area contributed by atoms with Crippen LogP contribution in [0.4, 0.5) is 5.69 Å². The lowest BCUT2D eigenvalue weighted by Crippen LogP contribution is -2.10. The fourth-order valence-corrected chi connectivity index (χ4v) is 1.25. The molecule has 0 radical (unpaired) electrons. The molecule has 0 aliphatic carbocycles. The molecule has 0 amide bonds. The van der Waals surface area contributed by atoms with Gasteiger partial charge in [-0.05, 0) is 18.6 Å². The molecule has 1 nitrogen and oxygen atoms in total. The molecule has 0 N–H and O–H groups in total. The first-order valence-corrected chi connectivity index (χ1v) is 4.66. The van der Waals surface area contributed by atoms with E-state index < -0.39 is 0 Å². The summed E-state index contributed by atoms with van der Waals surface area (Å²) in [6, 6.07) is 10.0. The highest BCUT2D eigenvalue weighted by Gasteiger charge is 1.99. The SMILES string of the molecule is CCCCN(Cl)c1ccccc1. The number of benzene rings is 1. The Hall–Kier alpha value is -0.690. The number of anilines is 1. The van der Waals surface area contributed by atoms with Crippen LogP contribution in [0.15, 0.2) is 30.3 Å². The first-order valence-electron chi connectivity index (χ1n) is 4.33. The second kappa shape index (κ2) is 5.04. The van der Waals surface area contributed by atoms with Gasteiger partial charge in [0.1, 0.15) is 0 Å². The summed E-state index contributed by atoms with van der Waals surface area (Å²) in [7, 11) is 0. The van der Waals surface area contributed by atoms with Crippen molar-refractivity contribution in [1.82, 2.24) is 0 Å². The Morgan fingerprint density at radius 1 is 1.25 bits per heavy atom. The number of halogens is 1. The number of hydrogen-bond acceptors (Lipinski definition) is 1. The summed E-state index contributed by atoms with van der Waals surface area (Å²) in [4.78, 5) is 0. The van der Waals surface area contributed by atoms with E-state index in [2.05, 4.69) is 6.92 Å².